The predicted molar refractivity (Wildman–Crippen MR) is 66.9 cm³/mol. The number of hydrogen-bond acceptors (Lipinski definition) is 4. The number of nitrogens with one attached hydrogen (secondary N) is 1. The van der Waals surface area contributed by atoms with Gasteiger partial charge in [-0.3, -0.25) is 4.79 Å². The summed E-state index contributed by atoms with van der Waals surface area (Å²) < 4.78 is 5.05. The molecule has 2 atom stereocenters. The van der Waals surface area contributed by atoms with Gasteiger partial charge in [0.05, 0.1) is 6.54 Å². The number of carbonyl (C=O) groups excluding carboxylic acids is 2. The standard InChI is InChI=1S/C12H20N2O5/c1-7-5-14(11(17)18)6-8(9(7)15)13-10(16)19-12(2,3)4/h7-8H,5-6H2,1-4H3,(H,13,16)(H,17,18)/t7?,8-/m1/s1. The Morgan fingerprint density at radius 3 is 2.42 bits per heavy atom. The summed E-state index contributed by atoms with van der Waals surface area (Å²) in [6.07, 6.45) is -1.82. The SMILES string of the molecule is CC1CN(C(=O)O)C[C@@H](NC(=O)OC(C)(C)C)C1=O. The van der Waals surface area contributed by atoms with E-state index in [1.165, 1.54) is 0 Å². The molecule has 0 aliphatic carbocycles. The van der Waals surface area contributed by atoms with Gasteiger partial charge >= 0.3 is 12.2 Å². The first kappa shape index (κ1) is 15.3. The van der Waals surface area contributed by atoms with Gasteiger partial charge in [-0.2, -0.15) is 0 Å². The molecule has 7 nitrogen and oxygen atoms in total. The average molecular weight is 272 g/mol. The van der Waals surface area contributed by atoms with Crippen molar-refractivity contribution in [2.75, 3.05) is 13.1 Å². The molecule has 0 aromatic rings. The number of carbonyl (C=O) groups is 3. The predicted octanol–water partition coefficient (Wildman–Crippen LogP) is 1.08. The number of rotatable bonds is 1. The molecule has 19 heavy (non-hydrogen) atoms. The average Bonchev–Trinajstić information content (AvgIpc) is 2.21. The molecule has 1 heterocycles. The van der Waals surface area contributed by atoms with Crippen molar-refractivity contribution in [3.05, 3.63) is 0 Å². The van der Waals surface area contributed by atoms with E-state index >= 15 is 0 Å². The molecule has 0 spiro atoms. The minimum atomic E-state index is -1.10. The van der Waals surface area contributed by atoms with Crippen molar-refractivity contribution in [2.45, 2.75) is 39.3 Å². The molecule has 7 heteroatoms. The number of Topliss-reactive ketones (excluding diaryl/α,β-unsaturated/α-hetero) is 1. The Hall–Kier alpha value is -1.79. The molecule has 0 saturated carbocycles. The summed E-state index contributed by atoms with van der Waals surface area (Å²) in [5.41, 5.74) is -0.667. The molecular weight excluding hydrogens is 252 g/mol. The van der Waals surface area contributed by atoms with Crippen LogP contribution >= 0.6 is 0 Å². The van der Waals surface area contributed by atoms with E-state index in [0.717, 1.165) is 4.90 Å². The third-order valence-electron chi connectivity index (χ3n) is 2.69. The molecule has 0 aromatic heterocycles. The van der Waals surface area contributed by atoms with Crippen LogP contribution in [0.1, 0.15) is 27.7 Å². The maximum Gasteiger partial charge on any atom is 0.408 e. The Bertz CT molecular complexity index is 388. The summed E-state index contributed by atoms with van der Waals surface area (Å²) in [6.45, 7) is 6.88. The van der Waals surface area contributed by atoms with Gasteiger partial charge in [0, 0.05) is 12.5 Å². The van der Waals surface area contributed by atoms with E-state index in [4.69, 9.17) is 9.84 Å². The highest BCUT2D eigenvalue weighted by atomic mass is 16.6. The molecule has 108 valence electrons. The van der Waals surface area contributed by atoms with Gasteiger partial charge in [0.15, 0.2) is 5.78 Å². The highest BCUT2D eigenvalue weighted by molar-refractivity contribution is 5.91. The van der Waals surface area contributed by atoms with Crippen molar-refractivity contribution in [3.63, 3.8) is 0 Å². The molecule has 1 unspecified atom stereocenters. The lowest BCUT2D eigenvalue weighted by molar-refractivity contribution is -0.127. The number of amides is 2. The number of ether oxygens (including phenoxy) is 1. The lowest BCUT2D eigenvalue weighted by atomic mass is 9.94. The van der Waals surface area contributed by atoms with Crippen LogP contribution in [-0.4, -0.2) is 52.7 Å². The number of carboxylic acid groups (broad SMARTS) is 1. The lowest BCUT2D eigenvalue weighted by Crippen LogP contribution is -2.57. The van der Waals surface area contributed by atoms with E-state index < -0.39 is 29.7 Å². The van der Waals surface area contributed by atoms with Gasteiger partial charge in [-0.15, -0.1) is 0 Å². The Balaban J connectivity index is 2.67. The molecule has 1 rings (SSSR count). The molecule has 2 N–H and O–H groups in total. The van der Waals surface area contributed by atoms with Gasteiger partial charge in [0.1, 0.15) is 11.6 Å². The number of piperidine rings is 1. The first-order valence-electron chi connectivity index (χ1n) is 6.11. The molecule has 1 aliphatic rings. The summed E-state index contributed by atoms with van der Waals surface area (Å²) in [7, 11) is 0. The molecule has 0 radical (unpaired) electrons. The topological polar surface area (TPSA) is 95.9 Å². The van der Waals surface area contributed by atoms with Crippen LogP contribution in [0.15, 0.2) is 0 Å². The van der Waals surface area contributed by atoms with Crippen molar-refractivity contribution in [3.8, 4) is 0 Å². The second-order valence-electron chi connectivity index (χ2n) is 5.69. The fraction of sp³-hybridized carbons (Fsp3) is 0.750. The van der Waals surface area contributed by atoms with Crippen LogP contribution in [0.3, 0.4) is 0 Å². The van der Waals surface area contributed by atoms with E-state index in [1.54, 1.807) is 27.7 Å². The van der Waals surface area contributed by atoms with Crippen LogP contribution in [0.2, 0.25) is 0 Å². The van der Waals surface area contributed by atoms with Crippen molar-refractivity contribution in [2.24, 2.45) is 5.92 Å². The van der Waals surface area contributed by atoms with Crippen LogP contribution in [-0.2, 0) is 9.53 Å². The smallest absolute Gasteiger partial charge is 0.408 e. The number of alkyl carbamates (subject to hydrolysis) is 1. The van der Waals surface area contributed by atoms with Crippen molar-refractivity contribution in [1.82, 2.24) is 10.2 Å². The van der Waals surface area contributed by atoms with Crippen molar-refractivity contribution in [1.29, 1.82) is 0 Å². The lowest BCUT2D eigenvalue weighted by Gasteiger charge is -2.34. The van der Waals surface area contributed by atoms with Gasteiger partial charge < -0.3 is 20.1 Å². The molecule has 1 saturated heterocycles. The third kappa shape index (κ3) is 4.42. The first-order chi connectivity index (χ1) is 8.60. The Kier molecular flexibility index (Phi) is 4.39. The molecule has 2 amide bonds. The van der Waals surface area contributed by atoms with Gasteiger partial charge in [-0.05, 0) is 20.8 Å². The summed E-state index contributed by atoms with van der Waals surface area (Å²) >= 11 is 0. The Morgan fingerprint density at radius 2 is 1.95 bits per heavy atom. The summed E-state index contributed by atoms with van der Waals surface area (Å²) in [4.78, 5) is 35.6. The van der Waals surface area contributed by atoms with E-state index in [2.05, 4.69) is 5.32 Å². The normalized spacial score (nSPS) is 24.0. The molecule has 1 fully saturated rings. The van der Waals surface area contributed by atoms with E-state index in [-0.39, 0.29) is 18.9 Å². The Labute approximate surface area is 111 Å². The summed E-state index contributed by atoms with van der Waals surface area (Å²) in [5, 5.41) is 11.4. The largest absolute Gasteiger partial charge is 0.465 e. The van der Waals surface area contributed by atoms with Crippen LogP contribution < -0.4 is 5.32 Å². The van der Waals surface area contributed by atoms with Gasteiger partial charge in [-0.25, -0.2) is 9.59 Å². The molecule has 1 aliphatic heterocycles. The van der Waals surface area contributed by atoms with Crippen LogP contribution in [0.25, 0.3) is 0 Å². The number of nitrogens with zero attached hydrogens (tertiary/aromatic N) is 1. The van der Waals surface area contributed by atoms with Gasteiger partial charge in [0.25, 0.3) is 0 Å². The molecular formula is C12H20N2O5. The molecule has 0 bridgehead atoms. The summed E-state index contributed by atoms with van der Waals surface area (Å²) in [6, 6.07) is -0.852. The van der Waals surface area contributed by atoms with Crippen LogP contribution in [0.5, 0.6) is 0 Å². The fourth-order valence-electron chi connectivity index (χ4n) is 1.87. The fourth-order valence-corrected chi connectivity index (χ4v) is 1.87. The van der Waals surface area contributed by atoms with E-state index in [9.17, 15) is 14.4 Å². The minimum Gasteiger partial charge on any atom is -0.465 e. The number of likely N-dealkylation sites (tertiary alicyclic amines) is 1. The minimum absolute atomic E-state index is 0.0439. The monoisotopic (exact) mass is 272 g/mol. The quantitative estimate of drug-likeness (QED) is 0.744. The Morgan fingerprint density at radius 1 is 1.37 bits per heavy atom. The van der Waals surface area contributed by atoms with Crippen LogP contribution in [0.4, 0.5) is 9.59 Å². The number of ketones is 1. The zero-order valence-corrected chi connectivity index (χ0v) is 11.6. The van der Waals surface area contributed by atoms with E-state index in [1.807, 2.05) is 0 Å². The number of hydrogen-bond donors (Lipinski definition) is 2. The van der Waals surface area contributed by atoms with Crippen LogP contribution in [0, 0.1) is 5.92 Å². The maximum atomic E-state index is 11.9. The highest BCUT2D eigenvalue weighted by Gasteiger charge is 2.36. The van der Waals surface area contributed by atoms with Gasteiger partial charge in [0.2, 0.25) is 0 Å². The zero-order valence-electron chi connectivity index (χ0n) is 11.6. The van der Waals surface area contributed by atoms with Gasteiger partial charge in [-0.1, -0.05) is 6.92 Å². The third-order valence-corrected chi connectivity index (χ3v) is 2.69. The second kappa shape index (κ2) is 5.46. The van der Waals surface area contributed by atoms with Crippen molar-refractivity contribution < 1.29 is 24.2 Å². The summed E-state index contributed by atoms with van der Waals surface area (Å²) in [5.74, 6) is -0.617. The van der Waals surface area contributed by atoms with E-state index in [0.29, 0.717) is 0 Å². The highest BCUT2D eigenvalue weighted by Crippen LogP contribution is 2.14. The zero-order chi connectivity index (χ0) is 14.8. The maximum absolute atomic E-state index is 11.9. The first-order valence-corrected chi connectivity index (χ1v) is 6.11. The van der Waals surface area contributed by atoms with Crippen molar-refractivity contribution >= 4 is 18.0 Å². The molecule has 0 aromatic carbocycles. The second-order valence-corrected chi connectivity index (χ2v) is 5.69.